The predicted octanol–water partition coefficient (Wildman–Crippen LogP) is 5.80. The molecule has 1 heterocycles. The number of hydrogen-bond donors (Lipinski definition) is 1. The van der Waals surface area contributed by atoms with E-state index in [4.69, 9.17) is 14.2 Å². The lowest BCUT2D eigenvalue weighted by Gasteiger charge is -2.13. The highest BCUT2D eigenvalue weighted by atomic mass is 32.1. The van der Waals surface area contributed by atoms with Gasteiger partial charge in [-0.3, -0.25) is 4.79 Å². The van der Waals surface area contributed by atoms with Gasteiger partial charge in [0.15, 0.2) is 11.5 Å². The third-order valence-corrected chi connectivity index (χ3v) is 5.59. The summed E-state index contributed by atoms with van der Waals surface area (Å²) in [5.74, 6) is 2.27. The van der Waals surface area contributed by atoms with Gasteiger partial charge in [0.25, 0.3) is 0 Å². The summed E-state index contributed by atoms with van der Waals surface area (Å²) in [4.78, 5) is 17.2. The number of carbonyl (C=O) groups is 1. The second-order valence-corrected chi connectivity index (χ2v) is 7.74. The lowest BCUT2D eigenvalue weighted by Crippen LogP contribution is -2.14. The van der Waals surface area contributed by atoms with E-state index in [1.54, 1.807) is 44.6 Å². The topological polar surface area (TPSA) is 69.7 Å². The van der Waals surface area contributed by atoms with Crippen LogP contribution in [0.25, 0.3) is 10.6 Å². The van der Waals surface area contributed by atoms with E-state index in [2.05, 4.69) is 10.3 Å². The minimum atomic E-state index is -0.157. The monoisotopic (exact) mass is 446 g/mol. The first-order valence-corrected chi connectivity index (χ1v) is 10.8. The summed E-state index contributed by atoms with van der Waals surface area (Å²) in [6.07, 6.45) is 0.185. The number of thiazole rings is 1. The number of nitrogens with zero attached hydrogens (tertiary/aromatic N) is 1. The SMILES string of the molecule is COc1ccc(Oc2cc(NC(=O)Cc3csc(-c4ccccc4)n3)ccc2OC)cc1. The molecule has 162 valence electrons. The summed E-state index contributed by atoms with van der Waals surface area (Å²) in [6, 6.07) is 22.4. The number of anilines is 1. The maximum absolute atomic E-state index is 12.6. The fourth-order valence-corrected chi connectivity index (χ4v) is 3.90. The van der Waals surface area contributed by atoms with Crippen LogP contribution < -0.4 is 19.5 Å². The van der Waals surface area contributed by atoms with Gasteiger partial charge in [-0.1, -0.05) is 30.3 Å². The van der Waals surface area contributed by atoms with Crippen molar-refractivity contribution in [2.45, 2.75) is 6.42 Å². The van der Waals surface area contributed by atoms with Crippen LogP contribution in [0.3, 0.4) is 0 Å². The molecule has 1 N–H and O–H groups in total. The van der Waals surface area contributed by atoms with Crippen molar-refractivity contribution in [3.05, 3.63) is 83.9 Å². The normalized spacial score (nSPS) is 10.4. The Morgan fingerprint density at radius 3 is 2.38 bits per heavy atom. The van der Waals surface area contributed by atoms with Crippen molar-refractivity contribution in [3.63, 3.8) is 0 Å². The van der Waals surface area contributed by atoms with Crippen LogP contribution in [-0.4, -0.2) is 25.1 Å². The van der Waals surface area contributed by atoms with Crippen molar-refractivity contribution in [2.75, 3.05) is 19.5 Å². The van der Waals surface area contributed by atoms with E-state index in [9.17, 15) is 4.79 Å². The Labute approximate surface area is 190 Å². The summed E-state index contributed by atoms with van der Waals surface area (Å²) in [6.45, 7) is 0. The van der Waals surface area contributed by atoms with Gasteiger partial charge in [0.1, 0.15) is 16.5 Å². The third-order valence-electron chi connectivity index (χ3n) is 4.65. The smallest absolute Gasteiger partial charge is 0.230 e. The molecule has 32 heavy (non-hydrogen) atoms. The summed E-state index contributed by atoms with van der Waals surface area (Å²) in [7, 11) is 3.18. The molecule has 0 aliphatic heterocycles. The second kappa shape index (κ2) is 9.98. The van der Waals surface area contributed by atoms with E-state index in [1.807, 2.05) is 47.8 Å². The number of rotatable bonds is 8. The highest BCUT2D eigenvalue weighted by molar-refractivity contribution is 7.13. The first-order valence-electron chi connectivity index (χ1n) is 9.94. The van der Waals surface area contributed by atoms with Crippen LogP contribution >= 0.6 is 11.3 Å². The van der Waals surface area contributed by atoms with Crippen LogP contribution in [0, 0.1) is 0 Å². The molecule has 6 nitrogen and oxygen atoms in total. The van der Waals surface area contributed by atoms with Crippen LogP contribution in [0.1, 0.15) is 5.69 Å². The van der Waals surface area contributed by atoms with Gasteiger partial charge < -0.3 is 19.5 Å². The molecule has 0 unspecified atom stereocenters. The highest BCUT2D eigenvalue weighted by Gasteiger charge is 2.12. The summed E-state index contributed by atoms with van der Waals surface area (Å²) >= 11 is 1.53. The van der Waals surface area contributed by atoms with Crippen molar-refractivity contribution in [1.82, 2.24) is 4.98 Å². The largest absolute Gasteiger partial charge is 0.497 e. The number of carbonyl (C=O) groups excluding carboxylic acids is 1. The van der Waals surface area contributed by atoms with Gasteiger partial charge in [-0.15, -0.1) is 11.3 Å². The Morgan fingerprint density at radius 1 is 0.906 bits per heavy atom. The van der Waals surface area contributed by atoms with Gasteiger partial charge in [0.2, 0.25) is 5.91 Å². The zero-order valence-electron chi connectivity index (χ0n) is 17.7. The molecule has 0 spiro atoms. The van der Waals surface area contributed by atoms with Crippen LogP contribution in [0.15, 0.2) is 78.2 Å². The molecule has 0 bridgehead atoms. The van der Waals surface area contributed by atoms with Gasteiger partial charge in [-0.25, -0.2) is 4.98 Å². The zero-order chi connectivity index (χ0) is 22.3. The number of amides is 1. The molecule has 4 aromatic rings. The van der Waals surface area contributed by atoms with Crippen molar-refractivity contribution in [1.29, 1.82) is 0 Å². The summed E-state index contributed by atoms with van der Waals surface area (Å²) in [5.41, 5.74) is 2.38. The zero-order valence-corrected chi connectivity index (χ0v) is 18.5. The minimum absolute atomic E-state index is 0.157. The molecule has 0 saturated carbocycles. The first-order chi connectivity index (χ1) is 15.6. The van der Waals surface area contributed by atoms with Crippen molar-refractivity contribution in [2.24, 2.45) is 0 Å². The Morgan fingerprint density at radius 2 is 1.66 bits per heavy atom. The lowest BCUT2D eigenvalue weighted by molar-refractivity contribution is -0.115. The van der Waals surface area contributed by atoms with E-state index in [0.29, 0.717) is 22.9 Å². The molecule has 0 aliphatic carbocycles. The van der Waals surface area contributed by atoms with Crippen LogP contribution in [0.2, 0.25) is 0 Å². The number of ether oxygens (including phenoxy) is 3. The third kappa shape index (κ3) is 5.25. The predicted molar refractivity (Wildman–Crippen MR) is 126 cm³/mol. The Kier molecular flexibility index (Phi) is 6.67. The van der Waals surface area contributed by atoms with Gasteiger partial charge in [-0.2, -0.15) is 0 Å². The molecule has 0 saturated heterocycles. The second-order valence-electron chi connectivity index (χ2n) is 6.88. The van der Waals surface area contributed by atoms with E-state index in [-0.39, 0.29) is 12.3 Å². The number of methoxy groups -OCH3 is 2. The maximum atomic E-state index is 12.6. The number of nitrogens with one attached hydrogen (secondary N) is 1. The van der Waals surface area contributed by atoms with Gasteiger partial charge >= 0.3 is 0 Å². The summed E-state index contributed by atoms with van der Waals surface area (Å²) in [5, 5.41) is 5.71. The summed E-state index contributed by atoms with van der Waals surface area (Å²) < 4.78 is 16.5. The maximum Gasteiger partial charge on any atom is 0.230 e. The fraction of sp³-hybridized carbons (Fsp3) is 0.120. The van der Waals surface area contributed by atoms with Crippen LogP contribution in [0.5, 0.6) is 23.0 Å². The lowest BCUT2D eigenvalue weighted by atomic mass is 10.2. The van der Waals surface area contributed by atoms with Crippen molar-refractivity contribution >= 4 is 22.9 Å². The standard InChI is InChI=1S/C25H22N2O4S/c1-29-20-9-11-21(12-10-20)31-23-14-18(8-13-22(23)30-2)26-24(28)15-19-16-32-25(27-19)17-6-4-3-5-7-17/h3-14,16H,15H2,1-2H3,(H,26,28). The van der Waals surface area contributed by atoms with Crippen molar-refractivity contribution in [3.8, 4) is 33.6 Å². The molecule has 3 aromatic carbocycles. The molecule has 0 radical (unpaired) electrons. The van der Waals surface area contributed by atoms with E-state index in [1.165, 1.54) is 11.3 Å². The van der Waals surface area contributed by atoms with E-state index in [0.717, 1.165) is 22.0 Å². The molecular formula is C25H22N2O4S. The Balaban J connectivity index is 1.44. The molecule has 0 fully saturated rings. The van der Waals surface area contributed by atoms with Crippen LogP contribution in [0.4, 0.5) is 5.69 Å². The van der Waals surface area contributed by atoms with Crippen molar-refractivity contribution < 1.29 is 19.0 Å². The van der Waals surface area contributed by atoms with Gasteiger partial charge in [0, 0.05) is 22.7 Å². The van der Waals surface area contributed by atoms with Gasteiger partial charge in [-0.05, 0) is 36.4 Å². The molecule has 7 heteroatoms. The molecule has 0 aliphatic rings. The number of benzene rings is 3. The van der Waals surface area contributed by atoms with Gasteiger partial charge in [0.05, 0.1) is 26.3 Å². The van der Waals surface area contributed by atoms with E-state index < -0.39 is 0 Å². The molecule has 0 atom stereocenters. The Hall–Kier alpha value is -3.84. The minimum Gasteiger partial charge on any atom is -0.497 e. The highest BCUT2D eigenvalue weighted by Crippen LogP contribution is 2.34. The first kappa shape index (κ1) is 21.4. The van der Waals surface area contributed by atoms with E-state index >= 15 is 0 Å². The average molecular weight is 447 g/mol. The number of aromatic nitrogens is 1. The molecule has 1 aromatic heterocycles. The quantitative estimate of drug-likeness (QED) is 0.370. The fourth-order valence-electron chi connectivity index (χ4n) is 3.08. The number of hydrogen-bond acceptors (Lipinski definition) is 6. The molecule has 4 rings (SSSR count). The van der Waals surface area contributed by atoms with Crippen LogP contribution in [-0.2, 0) is 11.2 Å². The molecule has 1 amide bonds. The Bertz CT molecular complexity index is 1190. The molecular weight excluding hydrogens is 424 g/mol. The average Bonchev–Trinajstić information content (AvgIpc) is 3.29.